The topological polar surface area (TPSA) is 67.9 Å². The summed E-state index contributed by atoms with van der Waals surface area (Å²) in [6, 6.07) is 0.0610. The van der Waals surface area contributed by atoms with Crippen molar-refractivity contribution in [2.75, 3.05) is 6.61 Å². The molecule has 1 fully saturated rings. The molecule has 0 aromatic rings. The number of nitrogens with zero attached hydrogens (tertiary/aromatic N) is 2. The van der Waals surface area contributed by atoms with Crippen LogP contribution in [-0.4, -0.2) is 35.4 Å². The average molecular weight is 225 g/mol. The molecule has 0 spiro atoms. The van der Waals surface area contributed by atoms with Crippen LogP contribution in [0.2, 0.25) is 0 Å². The van der Waals surface area contributed by atoms with Crippen LogP contribution in [0.1, 0.15) is 27.2 Å². The van der Waals surface area contributed by atoms with E-state index in [-0.39, 0.29) is 24.6 Å². The first-order valence-electron chi connectivity index (χ1n) is 5.50. The number of amides is 1. The van der Waals surface area contributed by atoms with Crippen molar-refractivity contribution in [2.45, 2.75) is 39.3 Å². The maximum Gasteiger partial charge on any atom is 0.261 e. The predicted octanol–water partition coefficient (Wildman–Crippen LogP) is 0.861. The highest BCUT2D eigenvalue weighted by atomic mass is 16.5. The molecule has 1 heterocycles. The van der Waals surface area contributed by atoms with Crippen molar-refractivity contribution in [1.29, 1.82) is 0 Å². The van der Waals surface area contributed by atoms with Gasteiger partial charge in [-0.15, -0.1) is 0 Å². The van der Waals surface area contributed by atoms with E-state index in [4.69, 9.17) is 10.5 Å². The van der Waals surface area contributed by atoms with Crippen LogP contribution in [0.15, 0.2) is 17.4 Å². The van der Waals surface area contributed by atoms with Crippen molar-refractivity contribution in [2.24, 2.45) is 10.7 Å². The largest absolute Gasteiger partial charge is 0.469 e. The van der Waals surface area contributed by atoms with Crippen molar-refractivity contribution in [3.63, 3.8) is 0 Å². The molecule has 0 bridgehead atoms. The molecule has 0 aromatic heterocycles. The quantitative estimate of drug-likeness (QED) is 0.774. The van der Waals surface area contributed by atoms with E-state index in [1.165, 1.54) is 12.4 Å². The minimum absolute atomic E-state index is 0.0116. The molecule has 2 N–H and O–H groups in total. The lowest BCUT2D eigenvalue weighted by Gasteiger charge is -2.38. The molecule has 5 heteroatoms. The number of aliphatic imine (C=N–C) groups is 1. The second kappa shape index (κ2) is 5.53. The van der Waals surface area contributed by atoms with Gasteiger partial charge in [0.15, 0.2) is 6.61 Å². The van der Waals surface area contributed by atoms with Crippen LogP contribution in [0.3, 0.4) is 0 Å². The average Bonchev–Trinajstić information content (AvgIpc) is 2.26. The number of morpholine rings is 1. The minimum Gasteiger partial charge on any atom is -0.469 e. The van der Waals surface area contributed by atoms with Crippen molar-refractivity contribution >= 4 is 11.8 Å². The van der Waals surface area contributed by atoms with Crippen molar-refractivity contribution in [1.82, 2.24) is 4.90 Å². The van der Waals surface area contributed by atoms with E-state index in [1.54, 1.807) is 0 Å². The molecule has 1 saturated heterocycles. The zero-order valence-corrected chi connectivity index (χ0v) is 10.0. The number of nitrogens with two attached hydrogens (primary N) is 1. The van der Waals surface area contributed by atoms with E-state index >= 15 is 0 Å². The first kappa shape index (κ1) is 12.5. The van der Waals surface area contributed by atoms with Gasteiger partial charge in [-0.05, 0) is 20.3 Å². The summed E-state index contributed by atoms with van der Waals surface area (Å²) in [6.45, 7) is 6.04. The third-order valence-corrected chi connectivity index (χ3v) is 2.48. The molecular formula is C11H19N3O2. The summed E-state index contributed by atoms with van der Waals surface area (Å²) in [5.74, 6) is 0.579. The van der Waals surface area contributed by atoms with Gasteiger partial charge in [0.25, 0.3) is 5.91 Å². The highest BCUT2D eigenvalue weighted by Crippen LogP contribution is 2.17. The molecule has 1 rings (SSSR count). The lowest BCUT2D eigenvalue weighted by atomic mass is 10.1. The van der Waals surface area contributed by atoms with Crippen LogP contribution in [0.5, 0.6) is 0 Å². The lowest BCUT2D eigenvalue weighted by Crippen LogP contribution is -2.54. The molecule has 0 saturated carbocycles. The van der Waals surface area contributed by atoms with Crippen LogP contribution in [-0.2, 0) is 9.53 Å². The molecular weight excluding hydrogens is 206 g/mol. The summed E-state index contributed by atoms with van der Waals surface area (Å²) < 4.78 is 5.33. The summed E-state index contributed by atoms with van der Waals surface area (Å²) in [7, 11) is 0. The van der Waals surface area contributed by atoms with Crippen molar-refractivity contribution in [3.8, 4) is 0 Å². The molecule has 0 aromatic carbocycles. The van der Waals surface area contributed by atoms with E-state index in [1.807, 2.05) is 25.7 Å². The molecule has 1 aliphatic heterocycles. The van der Waals surface area contributed by atoms with Gasteiger partial charge in [-0.1, -0.05) is 6.92 Å². The Morgan fingerprint density at radius 2 is 2.38 bits per heavy atom. The smallest absolute Gasteiger partial charge is 0.261 e. The zero-order chi connectivity index (χ0) is 12.1. The maximum atomic E-state index is 11.7. The zero-order valence-electron chi connectivity index (χ0n) is 10.0. The van der Waals surface area contributed by atoms with Gasteiger partial charge in [-0.2, -0.15) is 0 Å². The van der Waals surface area contributed by atoms with Gasteiger partial charge in [0, 0.05) is 18.4 Å². The van der Waals surface area contributed by atoms with Gasteiger partial charge in [-0.3, -0.25) is 4.79 Å². The van der Waals surface area contributed by atoms with Crippen LogP contribution in [0.25, 0.3) is 0 Å². The molecule has 16 heavy (non-hydrogen) atoms. The first-order chi connectivity index (χ1) is 7.61. The Morgan fingerprint density at radius 3 is 2.88 bits per heavy atom. The van der Waals surface area contributed by atoms with E-state index in [2.05, 4.69) is 4.99 Å². The Balaban J connectivity index is 2.94. The first-order valence-corrected chi connectivity index (χ1v) is 5.50. The van der Waals surface area contributed by atoms with Crippen LogP contribution in [0.4, 0.5) is 0 Å². The Bertz CT molecular complexity index is 310. The van der Waals surface area contributed by atoms with Gasteiger partial charge in [0.05, 0.1) is 0 Å². The number of carbonyl (C=O) groups excluding carboxylic acids is 1. The summed E-state index contributed by atoms with van der Waals surface area (Å²) in [5.41, 5.74) is 5.23. The van der Waals surface area contributed by atoms with Gasteiger partial charge >= 0.3 is 0 Å². The van der Waals surface area contributed by atoms with Crippen LogP contribution < -0.4 is 5.73 Å². The summed E-state index contributed by atoms with van der Waals surface area (Å²) in [5, 5.41) is 0. The van der Waals surface area contributed by atoms with Gasteiger partial charge < -0.3 is 15.4 Å². The number of hydrogen-bond acceptors (Lipinski definition) is 4. The van der Waals surface area contributed by atoms with E-state index < -0.39 is 0 Å². The van der Waals surface area contributed by atoms with Gasteiger partial charge in [-0.25, -0.2) is 4.99 Å². The summed E-state index contributed by atoms with van der Waals surface area (Å²) in [4.78, 5) is 17.7. The lowest BCUT2D eigenvalue weighted by molar-refractivity contribution is -0.140. The fraction of sp³-hybridized carbons (Fsp3) is 0.636. The fourth-order valence-corrected chi connectivity index (χ4v) is 1.86. The number of carbonyl (C=O) groups is 1. The molecule has 1 aliphatic rings. The molecule has 1 atom stereocenters. The fourth-order valence-electron chi connectivity index (χ4n) is 1.86. The summed E-state index contributed by atoms with van der Waals surface area (Å²) in [6.07, 6.45) is 3.60. The molecule has 0 radical (unpaired) electrons. The molecule has 1 unspecified atom stereocenters. The molecule has 0 aliphatic carbocycles. The number of rotatable bonds is 3. The van der Waals surface area contributed by atoms with Crippen LogP contribution >= 0.6 is 0 Å². The monoisotopic (exact) mass is 225 g/mol. The van der Waals surface area contributed by atoms with Gasteiger partial charge in [0.1, 0.15) is 6.04 Å². The third-order valence-electron chi connectivity index (χ3n) is 2.48. The van der Waals surface area contributed by atoms with Crippen molar-refractivity contribution < 1.29 is 9.53 Å². The van der Waals surface area contributed by atoms with Crippen LogP contribution in [0, 0.1) is 0 Å². The Labute approximate surface area is 96.0 Å². The highest BCUT2D eigenvalue weighted by Gasteiger charge is 2.34. The van der Waals surface area contributed by atoms with E-state index in [9.17, 15) is 4.79 Å². The van der Waals surface area contributed by atoms with E-state index in [0.29, 0.717) is 5.90 Å². The number of ether oxygens (including phenoxy) is 1. The summed E-state index contributed by atoms with van der Waals surface area (Å²) >= 11 is 0. The van der Waals surface area contributed by atoms with Crippen molar-refractivity contribution in [3.05, 3.63) is 12.4 Å². The predicted molar refractivity (Wildman–Crippen MR) is 62.8 cm³/mol. The SMILES string of the molecule is CCC1C(=N/C=C\N)OCC(=O)N1C(C)C. The highest BCUT2D eigenvalue weighted by molar-refractivity contribution is 5.93. The molecule has 5 nitrogen and oxygen atoms in total. The molecule has 90 valence electrons. The van der Waals surface area contributed by atoms with Gasteiger partial charge in [0.2, 0.25) is 5.90 Å². The normalized spacial score (nSPS) is 24.5. The minimum atomic E-state index is -0.0857. The Hall–Kier alpha value is -1.52. The second-order valence-corrected chi connectivity index (χ2v) is 3.92. The maximum absolute atomic E-state index is 11.7. The standard InChI is InChI=1S/C11H19N3O2/c1-4-9-11(13-6-5-12)16-7-10(15)14(9)8(2)3/h5-6,8-9H,4,7,12H2,1-3H3/b6-5-,13-11?. The van der Waals surface area contributed by atoms with E-state index in [0.717, 1.165) is 6.42 Å². The Kier molecular flexibility index (Phi) is 4.34. The third kappa shape index (κ3) is 2.53. The second-order valence-electron chi connectivity index (χ2n) is 3.92. The number of hydrogen-bond donors (Lipinski definition) is 1. The molecule has 1 amide bonds. The Morgan fingerprint density at radius 1 is 1.69 bits per heavy atom.